The van der Waals surface area contributed by atoms with Gasteiger partial charge in [0.2, 0.25) is 5.91 Å². The van der Waals surface area contributed by atoms with Crippen LogP contribution in [0.4, 0.5) is 0 Å². The molecule has 1 saturated heterocycles. The second-order valence-corrected chi connectivity index (χ2v) is 7.92. The zero-order valence-electron chi connectivity index (χ0n) is 16.2. The molecule has 0 N–H and O–H groups in total. The zero-order valence-corrected chi connectivity index (χ0v) is 16.2. The smallest absolute Gasteiger partial charge is 0.223 e. The molecule has 0 radical (unpaired) electrons. The summed E-state index contributed by atoms with van der Waals surface area (Å²) < 4.78 is 7.42. The van der Waals surface area contributed by atoms with Crippen molar-refractivity contribution in [2.75, 3.05) is 19.8 Å². The van der Waals surface area contributed by atoms with Gasteiger partial charge >= 0.3 is 0 Å². The molecule has 6 nitrogen and oxygen atoms in total. The summed E-state index contributed by atoms with van der Waals surface area (Å²) in [5.74, 6) is 2.63. The number of hydrogen-bond acceptors (Lipinski definition) is 4. The average Bonchev–Trinajstić information content (AvgIpc) is 3.12. The molecule has 1 atom stereocenters. The van der Waals surface area contributed by atoms with Gasteiger partial charge in [0.1, 0.15) is 0 Å². The Morgan fingerprint density at radius 3 is 2.63 bits per heavy atom. The molecule has 1 aromatic carbocycles. The lowest BCUT2D eigenvalue weighted by Gasteiger charge is -2.38. The number of hydrogen-bond donors (Lipinski definition) is 0. The predicted molar refractivity (Wildman–Crippen MR) is 103 cm³/mol. The van der Waals surface area contributed by atoms with Crippen molar-refractivity contribution in [2.24, 2.45) is 11.8 Å². The Morgan fingerprint density at radius 1 is 1.19 bits per heavy atom. The fourth-order valence-corrected chi connectivity index (χ4v) is 4.18. The van der Waals surface area contributed by atoms with Crippen LogP contribution in [0.1, 0.15) is 45.0 Å². The second kappa shape index (κ2) is 7.80. The van der Waals surface area contributed by atoms with Gasteiger partial charge in [0.25, 0.3) is 0 Å². The third-order valence-corrected chi connectivity index (χ3v) is 5.64. The number of benzene rings is 1. The number of carbonyl (C=O) groups is 1. The molecule has 2 aliphatic rings. The molecule has 1 amide bonds. The van der Waals surface area contributed by atoms with Crippen LogP contribution in [0.3, 0.4) is 0 Å². The summed E-state index contributed by atoms with van der Waals surface area (Å²) in [7, 11) is 0. The lowest BCUT2D eigenvalue weighted by Crippen LogP contribution is -2.45. The maximum Gasteiger partial charge on any atom is 0.223 e. The van der Waals surface area contributed by atoms with Crippen LogP contribution in [-0.4, -0.2) is 45.3 Å². The summed E-state index contributed by atoms with van der Waals surface area (Å²) >= 11 is 0. The summed E-state index contributed by atoms with van der Waals surface area (Å²) in [6.45, 7) is 7.28. The van der Waals surface area contributed by atoms with Gasteiger partial charge < -0.3 is 9.64 Å². The quantitative estimate of drug-likeness (QED) is 0.831. The maximum atomic E-state index is 13.1. The summed E-state index contributed by atoms with van der Waals surface area (Å²) in [6.07, 6.45) is 2.59. The van der Waals surface area contributed by atoms with Gasteiger partial charge in [0.15, 0.2) is 11.6 Å². The van der Waals surface area contributed by atoms with Crippen molar-refractivity contribution in [1.29, 1.82) is 0 Å². The molecule has 0 spiro atoms. The molecular formula is C21H28N4O2. The normalized spacial score (nSPS) is 20.7. The highest BCUT2D eigenvalue weighted by Crippen LogP contribution is 2.33. The molecule has 4 rings (SSSR count). The van der Waals surface area contributed by atoms with E-state index in [1.807, 2.05) is 39.9 Å². The number of aromatic nitrogens is 3. The average molecular weight is 368 g/mol. The third-order valence-electron chi connectivity index (χ3n) is 5.64. The molecule has 1 aromatic heterocycles. The monoisotopic (exact) mass is 368 g/mol. The number of rotatable bonds is 4. The number of nitrogens with zero attached hydrogens (tertiary/aromatic N) is 4. The molecule has 3 heterocycles. The van der Waals surface area contributed by atoms with Crippen LogP contribution in [0.5, 0.6) is 0 Å². The predicted octanol–water partition coefficient (Wildman–Crippen LogP) is 3.30. The SMILES string of the molecule is CC(C)[C@H]1c2nc(-c3ccccc3)nn2CCN1C(=O)CC1CCOCC1. The topological polar surface area (TPSA) is 60.2 Å². The minimum atomic E-state index is -0.0175. The lowest BCUT2D eigenvalue weighted by atomic mass is 9.94. The summed E-state index contributed by atoms with van der Waals surface area (Å²) in [6, 6.07) is 10.0. The Kier molecular flexibility index (Phi) is 5.25. The highest BCUT2D eigenvalue weighted by molar-refractivity contribution is 5.77. The third kappa shape index (κ3) is 3.76. The van der Waals surface area contributed by atoms with Gasteiger partial charge in [-0.3, -0.25) is 4.79 Å². The number of fused-ring (bicyclic) bond motifs is 1. The standard InChI is InChI=1S/C21H28N4O2/c1-15(2)19-21-22-20(17-6-4-3-5-7-17)23-25(21)11-10-24(19)18(26)14-16-8-12-27-13-9-16/h3-7,15-16,19H,8-14H2,1-2H3/t19-/m0/s1. The van der Waals surface area contributed by atoms with Gasteiger partial charge in [0, 0.05) is 31.7 Å². The van der Waals surface area contributed by atoms with Gasteiger partial charge in [-0.25, -0.2) is 9.67 Å². The molecular weight excluding hydrogens is 340 g/mol. The highest BCUT2D eigenvalue weighted by Gasteiger charge is 2.36. The van der Waals surface area contributed by atoms with Crippen molar-refractivity contribution in [3.8, 4) is 11.4 Å². The number of amides is 1. The van der Waals surface area contributed by atoms with Gasteiger partial charge in [0.05, 0.1) is 12.6 Å². The Balaban J connectivity index is 1.57. The van der Waals surface area contributed by atoms with E-state index in [4.69, 9.17) is 14.8 Å². The minimum Gasteiger partial charge on any atom is -0.381 e. The van der Waals surface area contributed by atoms with Crippen LogP contribution in [0.25, 0.3) is 11.4 Å². The first-order valence-electron chi connectivity index (χ1n) is 10.0. The van der Waals surface area contributed by atoms with Gasteiger partial charge in [-0.15, -0.1) is 0 Å². The second-order valence-electron chi connectivity index (χ2n) is 7.92. The molecule has 6 heteroatoms. The fraction of sp³-hybridized carbons (Fsp3) is 0.571. The molecule has 27 heavy (non-hydrogen) atoms. The first-order chi connectivity index (χ1) is 13.1. The van der Waals surface area contributed by atoms with Crippen molar-refractivity contribution in [3.05, 3.63) is 36.2 Å². The number of carbonyl (C=O) groups excluding carboxylic acids is 1. The Morgan fingerprint density at radius 2 is 1.93 bits per heavy atom. The fourth-order valence-electron chi connectivity index (χ4n) is 4.18. The van der Waals surface area contributed by atoms with Gasteiger partial charge in [-0.05, 0) is 24.7 Å². The van der Waals surface area contributed by atoms with E-state index in [0.29, 0.717) is 25.4 Å². The summed E-state index contributed by atoms with van der Waals surface area (Å²) in [5, 5.41) is 4.71. The summed E-state index contributed by atoms with van der Waals surface area (Å²) in [5.41, 5.74) is 1.02. The minimum absolute atomic E-state index is 0.0175. The molecule has 2 aromatic rings. The zero-order chi connectivity index (χ0) is 18.8. The summed E-state index contributed by atoms with van der Waals surface area (Å²) in [4.78, 5) is 20.0. The van der Waals surface area contributed by atoms with Gasteiger partial charge in [-0.1, -0.05) is 44.2 Å². The molecule has 0 saturated carbocycles. The molecule has 2 aliphatic heterocycles. The molecule has 1 fully saturated rings. The van der Waals surface area contributed by atoms with Crippen LogP contribution < -0.4 is 0 Å². The van der Waals surface area contributed by atoms with E-state index in [1.54, 1.807) is 0 Å². The first kappa shape index (κ1) is 18.2. The molecule has 144 valence electrons. The van der Waals surface area contributed by atoms with E-state index in [1.165, 1.54) is 0 Å². The maximum absolute atomic E-state index is 13.1. The van der Waals surface area contributed by atoms with E-state index in [-0.39, 0.29) is 17.9 Å². The van der Waals surface area contributed by atoms with Crippen molar-refractivity contribution >= 4 is 5.91 Å². The van der Waals surface area contributed by atoms with Crippen LogP contribution in [0.15, 0.2) is 30.3 Å². The Bertz CT molecular complexity index is 781. The molecule has 0 aliphatic carbocycles. The number of ether oxygens (including phenoxy) is 1. The van der Waals surface area contributed by atoms with Gasteiger partial charge in [-0.2, -0.15) is 5.10 Å². The van der Waals surface area contributed by atoms with Crippen molar-refractivity contribution in [3.63, 3.8) is 0 Å². The molecule has 0 bridgehead atoms. The lowest BCUT2D eigenvalue weighted by molar-refractivity contribution is -0.138. The first-order valence-corrected chi connectivity index (χ1v) is 10.0. The van der Waals surface area contributed by atoms with E-state index < -0.39 is 0 Å². The van der Waals surface area contributed by atoms with E-state index >= 15 is 0 Å². The van der Waals surface area contributed by atoms with Crippen molar-refractivity contribution in [2.45, 2.75) is 45.7 Å². The van der Waals surface area contributed by atoms with Crippen molar-refractivity contribution in [1.82, 2.24) is 19.7 Å². The Labute approximate surface area is 160 Å². The van der Waals surface area contributed by atoms with Crippen molar-refractivity contribution < 1.29 is 9.53 Å². The molecule has 0 unspecified atom stereocenters. The van der Waals surface area contributed by atoms with Crippen LogP contribution in [0.2, 0.25) is 0 Å². The van der Waals surface area contributed by atoms with Crippen LogP contribution in [-0.2, 0) is 16.1 Å². The Hall–Kier alpha value is -2.21. The highest BCUT2D eigenvalue weighted by atomic mass is 16.5. The van der Waals surface area contributed by atoms with E-state index in [2.05, 4.69) is 13.8 Å². The largest absolute Gasteiger partial charge is 0.381 e. The van der Waals surface area contributed by atoms with E-state index in [9.17, 15) is 4.79 Å². The van der Waals surface area contributed by atoms with E-state index in [0.717, 1.165) is 43.3 Å². The van der Waals surface area contributed by atoms with Crippen LogP contribution in [0, 0.1) is 11.8 Å². The van der Waals surface area contributed by atoms with Crippen LogP contribution >= 0.6 is 0 Å².